The molecule has 0 saturated carbocycles. The summed E-state index contributed by atoms with van der Waals surface area (Å²) in [4.78, 5) is 19.1. The SMILES string of the molecule is CC(OCC1CCCCO1)C(=O)NCc1ccc(N2CCCCC2)nc1. The van der Waals surface area contributed by atoms with Crippen LogP contribution in [0.3, 0.4) is 0 Å². The lowest BCUT2D eigenvalue weighted by atomic mass is 10.1. The lowest BCUT2D eigenvalue weighted by Gasteiger charge is -2.27. The Kier molecular flexibility index (Phi) is 7.26. The van der Waals surface area contributed by atoms with Gasteiger partial charge in [-0.15, -0.1) is 0 Å². The van der Waals surface area contributed by atoms with E-state index in [0.717, 1.165) is 43.9 Å². The maximum Gasteiger partial charge on any atom is 0.249 e. The number of nitrogens with zero attached hydrogens (tertiary/aromatic N) is 2. The van der Waals surface area contributed by atoms with Crippen LogP contribution in [0.2, 0.25) is 0 Å². The number of piperidine rings is 1. The molecule has 3 heterocycles. The van der Waals surface area contributed by atoms with Gasteiger partial charge in [0.2, 0.25) is 5.91 Å². The molecular formula is C20H31N3O3. The number of nitrogens with one attached hydrogen (secondary N) is 1. The van der Waals surface area contributed by atoms with E-state index in [1.165, 1.54) is 25.7 Å². The van der Waals surface area contributed by atoms with E-state index in [0.29, 0.717) is 13.2 Å². The monoisotopic (exact) mass is 361 g/mol. The van der Waals surface area contributed by atoms with E-state index in [2.05, 4.69) is 15.2 Å². The largest absolute Gasteiger partial charge is 0.376 e. The third kappa shape index (κ3) is 5.68. The number of ether oxygens (including phenoxy) is 2. The van der Waals surface area contributed by atoms with Crippen molar-refractivity contribution in [2.75, 3.05) is 31.2 Å². The number of hydrogen-bond donors (Lipinski definition) is 1. The normalized spacial score (nSPS) is 22.0. The highest BCUT2D eigenvalue weighted by atomic mass is 16.5. The number of aromatic nitrogens is 1. The van der Waals surface area contributed by atoms with Crippen molar-refractivity contribution in [3.05, 3.63) is 23.9 Å². The molecule has 0 aliphatic carbocycles. The molecule has 1 N–H and O–H groups in total. The summed E-state index contributed by atoms with van der Waals surface area (Å²) in [5.41, 5.74) is 1.00. The molecule has 6 nitrogen and oxygen atoms in total. The van der Waals surface area contributed by atoms with Gasteiger partial charge in [0, 0.05) is 32.4 Å². The average molecular weight is 361 g/mol. The second-order valence-corrected chi connectivity index (χ2v) is 7.25. The molecule has 3 rings (SSSR count). The minimum Gasteiger partial charge on any atom is -0.376 e. The van der Waals surface area contributed by atoms with Crippen molar-refractivity contribution in [3.63, 3.8) is 0 Å². The molecule has 1 amide bonds. The van der Waals surface area contributed by atoms with Crippen molar-refractivity contribution in [2.24, 2.45) is 0 Å². The number of hydrogen-bond acceptors (Lipinski definition) is 5. The van der Waals surface area contributed by atoms with Crippen LogP contribution in [0.1, 0.15) is 51.0 Å². The number of carbonyl (C=O) groups excluding carboxylic acids is 1. The highest BCUT2D eigenvalue weighted by Gasteiger charge is 2.19. The number of amides is 1. The molecule has 0 bridgehead atoms. The molecule has 2 fully saturated rings. The summed E-state index contributed by atoms with van der Waals surface area (Å²) in [5, 5.41) is 2.93. The first kappa shape index (κ1) is 19.1. The first-order chi connectivity index (χ1) is 12.7. The Morgan fingerprint density at radius 1 is 1.31 bits per heavy atom. The number of anilines is 1. The van der Waals surface area contributed by atoms with Crippen LogP contribution in [0, 0.1) is 0 Å². The van der Waals surface area contributed by atoms with E-state index >= 15 is 0 Å². The van der Waals surface area contributed by atoms with Gasteiger partial charge in [0.15, 0.2) is 0 Å². The molecule has 0 aromatic carbocycles. The zero-order valence-electron chi connectivity index (χ0n) is 15.8. The van der Waals surface area contributed by atoms with E-state index < -0.39 is 6.10 Å². The molecule has 2 unspecified atom stereocenters. The fraction of sp³-hybridized carbons (Fsp3) is 0.700. The molecule has 0 spiro atoms. The number of rotatable bonds is 7. The Morgan fingerprint density at radius 3 is 2.85 bits per heavy atom. The van der Waals surface area contributed by atoms with Gasteiger partial charge in [0.1, 0.15) is 11.9 Å². The van der Waals surface area contributed by atoms with Crippen molar-refractivity contribution in [2.45, 2.75) is 64.2 Å². The van der Waals surface area contributed by atoms with E-state index in [1.54, 1.807) is 6.92 Å². The first-order valence-electron chi connectivity index (χ1n) is 9.93. The molecule has 1 aromatic heterocycles. The maximum atomic E-state index is 12.2. The smallest absolute Gasteiger partial charge is 0.249 e. The van der Waals surface area contributed by atoms with Gasteiger partial charge in [-0.1, -0.05) is 6.07 Å². The molecule has 2 aliphatic heterocycles. The van der Waals surface area contributed by atoms with E-state index in [-0.39, 0.29) is 12.0 Å². The fourth-order valence-electron chi connectivity index (χ4n) is 3.43. The van der Waals surface area contributed by atoms with Gasteiger partial charge < -0.3 is 19.7 Å². The molecule has 2 atom stereocenters. The Morgan fingerprint density at radius 2 is 2.15 bits per heavy atom. The summed E-state index contributed by atoms with van der Waals surface area (Å²) >= 11 is 0. The van der Waals surface area contributed by atoms with E-state index in [4.69, 9.17) is 9.47 Å². The lowest BCUT2D eigenvalue weighted by Crippen LogP contribution is -2.36. The Hall–Kier alpha value is -1.66. The number of carbonyl (C=O) groups is 1. The summed E-state index contributed by atoms with van der Waals surface area (Å²) < 4.78 is 11.3. The van der Waals surface area contributed by atoms with Gasteiger partial charge in [-0.2, -0.15) is 0 Å². The van der Waals surface area contributed by atoms with Gasteiger partial charge in [0.25, 0.3) is 0 Å². The van der Waals surface area contributed by atoms with Crippen LogP contribution in [0.4, 0.5) is 5.82 Å². The highest BCUT2D eigenvalue weighted by Crippen LogP contribution is 2.17. The minimum absolute atomic E-state index is 0.0964. The van der Waals surface area contributed by atoms with Crippen molar-refractivity contribution >= 4 is 11.7 Å². The quantitative estimate of drug-likeness (QED) is 0.809. The third-order valence-corrected chi connectivity index (χ3v) is 5.13. The van der Waals surface area contributed by atoms with Gasteiger partial charge in [-0.25, -0.2) is 4.98 Å². The zero-order valence-corrected chi connectivity index (χ0v) is 15.8. The zero-order chi connectivity index (χ0) is 18.2. The van der Waals surface area contributed by atoms with Gasteiger partial charge in [-0.05, 0) is 57.1 Å². The van der Waals surface area contributed by atoms with Crippen molar-refractivity contribution in [1.82, 2.24) is 10.3 Å². The Balaban J connectivity index is 1.39. The van der Waals surface area contributed by atoms with E-state index in [1.807, 2.05) is 18.3 Å². The molecule has 144 valence electrons. The van der Waals surface area contributed by atoms with Crippen LogP contribution in [0.5, 0.6) is 0 Å². The van der Waals surface area contributed by atoms with Gasteiger partial charge in [0.05, 0.1) is 12.7 Å². The highest BCUT2D eigenvalue weighted by molar-refractivity contribution is 5.80. The minimum atomic E-state index is -0.471. The van der Waals surface area contributed by atoms with E-state index in [9.17, 15) is 4.79 Å². The standard InChI is InChI=1S/C20H31N3O3/c1-16(26-15-18-7-3-6-12-25-18)20(24)22-14-17-8-9-19(21-13-17)23-10-4-2-5-11-23/h8-9,13,16,18H,2-7,10-12,14-15H2,1H3,(H,22,24). The predicted octanol–water partition coefficient (Wildman–Crippen LogP) is 2.66. The second-order valence-electron chi connectivity index (χ2n) is 7.25. The average Bonchev–Trinajstić information content (AvgIpc) is 2.72. The van der Waals surface area contributed by atoms with Crippen LogP contribution in [0.25, 0.3) is 0 Å². The molecule has 0 radical (unpaired) electrons. The summed E-state index contributed by atoms with van der Waals surface area (Å²) in [6, 6.07) is 4.09. The third-order valence-electron chi connectivity index (χ3n) is 5.13. The Labute approximate surface area is 156 Å². The lowest BCUT2D eigenvalue weighted by molar-refractivity contribution is -0.135. The Bertz CT molecular complexity index is 552. The molecule has 2 saturated heterocycles. The molecule has 6 heteroatoms. The molecular weight excluding hydrogens is 330 g/mol. The summed E-state index contributed by atoms with van der Waals surface area (Å²) in [7, 11) is 0. The van der Waals surface area contributed by atoms with Crippen LogP contribution in [-0.2, 0) is 20.8 Å². The maximum absolute atomic E-state index is 12.2. The van der Waals surface area contributed by atoms with Crippen molar-refractivity contribution in [3.8, 4) is 0 Å². The number of pyridine rings is 1. The van der Waals surface area contributed by atoms with Crippen molar-refractivity contribution in [1.29, 1.82) is 0 Å². The van der Waals surface area contributed by atoms with Crippen LogP contribution in [-0.4, -0.2) is 49.4 Å². The first-order valence-corrected chi connectivity index (χ1v) is 9.93. The van der Waals surface area contributed by atoms with Crippen molar-refractivity contribution < 1.29 is 14.3 Å². The van der Waals surface area contributed by atoms with Crippen LogP contribution >= 0.6 is 0 Å². The van der Waals surface area contributed by atoms with Gasteiger partial charge in [-0.3, -0.25) is 4.79 Å². The second kappa shape index (κ2) is 9.88. The van der Waals surface area contributed by atoms with Gasteiger partial charge >= 0.3 is 0 Å². The molecule has 26 heavy (non-hydrogen) atoms. The van der Waals surface area contributed by atoms with Crippen LogP contribution in [0.15, 0.2) is 18.3 Å². The summed E-state index contributed by atoms with van der Waals surface area (Å²) in [6.45, 7) is 5.72. The molecule has 1 aromatic rings. The molecule has 2 aliphatic rings. The predicted molar refractivity (Wildman–Crippen MR) is 101 cm³/mol. The summed E-state index contributed by atoms with van der Waals surface area (Å²) in [6.07, 6.45) is 8.62. The topological polar surface area (TPSA) is 63.7 Å². The van der Waals surface area contributed by atoms with Crippen LogP contribution < -0.4 is 10.2 Å². The fourth-order valence-corrected chi connectivity index (χ4v) is 3.43. The summed E-state index contributed by atoms with van der Waals surface area (Å²) in [5.74, 6) is 0.935.